The van der Waals surface area contributed by atoms with E-state index < -0.39 is 35.7 Å². The summed E-state index contributed by atoms with van der Waals surface area (Å²) in [5, 5.41) is 4.85. The number of rotatable bonds is 5. The van der Waals surface area contributed by atoms with Crippen molar-refractivity contribution in [1.82, 2.24) is 4.72 Å². The standard InChI is InChI=1S/C11H15FN2O4S2/c1-2-7-5-10(7)14-20(17,18)11-4-3-8(6-9(11)12)19(13,15)16/h3-4,6-7,10,14H,2,5H2,1H3,(H2,13,15,16). The Morgan fingerprint density at radius 2 is 2.00 bits per heavy atom. The van der Waals surface area contributed by atoms with E-state index in [0.717, 1.165) is 25.0 Å². The van der Waals surface area contributed by atoms with Crippen LogP contribution in [-0.2, 0) is 20.0 Å². The summed E-state index contributed by atoms with van der Waals surface area (Å²) < 4.78 is 62.3. The Kier molecular flexibility index (Phi) is 3.89. The molecule has 2 atom stereocenters. The summed E-state index contributed by atoms with van der Waals surface area (Å²) in [6, 6.07) is 2.30. The zero-order valence-electron chi connectivity index (χ0n) is 10.7. The Bertz CT molecular complexity index is 731. The van der Waals surface area contributed by atoms with Crippen LogP contribution in [0.4, 0.5) is 4.39 Å². The van der Waals surface area contributed by atoms with Crippen molar-refractivity contribution in [1.29, 1.82) is 0 Å². The minimum absolute atomic E-state index is 0.178. The van der Waals surface area contributed by atoms with Crippen molar-refractivity contribution in [3.8, 4) is 0 Å². The third kappa shape index (κ3) is 3.17. The van der Waals surface area contributed by atoms with Gasteiger partial charge in [0.05, 0.1) is 4.90 Å². The summed E-state index contributed by atoms with van der Waals surface area (Å²) in [4.78, 5) is -1.04. The maximum atomic E-state index is 13.8. The summed E-state index contributed by atoms with van der Waals surface area (Å²) in [6.07, 6.45) is 1.58. The third-order valence-electron chi connectivity index (χ3n) is 3.27. The van der Waals surface area contributed by atoms with E-state index in [0.29, 0.717) is 6.07 Å². The van der Waals surface area contributed by atoms with E-state index >= 15 is 0 Å². The molecular weight excluding hydrogens is 307 g/mol. The Morgan fingerprint density at radius 1 is 1.35 bits per heavy atom. The number of sulfonamides is 2. The van der Waals surface area contributed by atoms with Crippen molar-refractivity contribution in [3.05, 3.63) is 24.0 Å². The highest BCUT2D eigenvalue weighted by Gasteiger charge is 2.39. The molecule has 6 nitrogen and oxygen atoms in total. The summed E-state index contributed by atoms with van der Waals surface area (Å²) in [6.45, 7) is 1.94. The number of hydrogen-bond donors (Lipinski definition) is 2. The lowest BCUT2D eigenvalue weighted by Gasteiger charge is -2.08. The Labute approximate surface area is 117 Å². The maximum absolute atomic E-state index is 13.8. The van der Waals surface area contributed by atoms with Gasteiger partial charge in [0.15, 0.2) is 0 Å². The van der Waals surface area contributed by atoms with Crippen molar-refractivity contribution in [2.75, 3.05) is 0 Å². The normalized spacial score (nSPS) is 22.8. The van der Waals surface area contributed by atoms with Crippen LogP contribution in [0.25, 0.3) is 0 Å². The first-order chi connectivity index (χ1) is 9.15. The minimum atomic E-state index is -4.07. The number of primary sulfonamides is 1. The molecule has 9 heteroatoms. The quantitative estimate of drug-likeness (QED) is 0.825. The average Bonchev–Trinajstić information content (AvgIpc) is 3.04. The first-order valence-corrected chi connectivity index (χ1v) is 9.03. The van der Waals surface area contributed by atoms with Crippen LogP contribution in [0.15, 0.2) is 28.0 Å². The van der Waals surface area contributed by atoms with Crippen LogP contribution in [-0.4, -0.2) is 22.9 Å². The predicted octanol–water partition coefficient (Wildman–Crippen LogP) is 0.550. The smallest absolute Gasteiger partial charge is 0.225 e. The van der Waals surface area contributed by atoms with Crippen molar-refractivity contribution < 1.29 is 21.2 Å². The SMILES string of the molecule is CCC1CC1NS(=O)(=O)c1ccc(S(N)(=O)=O)cc1F. The van der Waals surface area contributed by atoms with Crippen molar-refractivity contribution >= 4 is 20.0 Å². The van der Waals surface area contributed by atoms with E-state index in [4.69, 9.17) is 5.14 Å². The van der Waals surface area contributed by atoms with Crippen LogP contribution in [0.5, 0.6) is 0 Å². The summed E-state index contributed by atoms with van der Waals surface area (Å²) in [5.41, 5.74) is 0. The van der Waals surface area contributed by atoms with Crippen LogP contribution in [0.3, 0.4) is 0 Å². The fourth-order valence-electron chi connectivity index (χ4n) is 1.98. The molecular formula is C11H15FN2O4S2. The highest BCUT2D eigenvalue weighted by atomic mass is 32.2. The molecule has 0 amide bonds. The van der Waals surface area contributed by atoms with E-state index in [9.17, 15) is 21.2 Å². The molecule has 112 valence electrons. The van der Waals surface area contributed by atoms with Gasteiger partial charge in [-0.2, -0.15) is 0 Å². The van der Waals surface area contributed by atoms with Crippen molar-refractivity contribution in [3.63, 3.8) is 0 Å². The number of nitrogens with two attached hydrogens (primary N) is 1. The molecule has 1 fully saturated rings. The van der Waals surface area contributed by atoms with Gasteiger partial charge in [-0.1, -0.05) is 13.3 Å². The molecule has 3 N–H and O–H groups in total. The lowest BCUT2D eigenvalue weighted by molar-refractivity contribution is 0.549. The van der Waals surface area contributed by atoms with Gasteiger partial charge in [-0.15, -0.1) is 0 Å². The van der Waals surface area contributed by atoms with Gasteiger partial charge in [-0.3, -0.25) is 0 Å². The molecule has 0 bridgehead atoms. The molecule has 0 aromatic heterocycles. The molecule has 0 aliphatic heterocycles. The molecule has 1 saturated carbocycles. The lowest BCUT2D eigenvalue weighted by Crippen LogP contribution is -2.28. The second kappa shape index (κ2) is 5.06. The molecule has 1 aliphatic carbocycles. The molecule has 1 aromatic rings. The minimum Gasteiger partial charge on any atom is -0.225 e. The molecule has 0 saturated heterocycles. The van der Waals surface area contributed by atoms with E-state index in [-0.39, 0.29) is 12.0 Å². The zero-order valence-corrected chi connectivity index (χ0v) is 12.3. The van der Waals surface area contributed by atoms with Crippen LogP contribution in [0.2, 0.25) is 0 Å². The number of hydrogen-bond acceptors (Lipinski definition) is 4. The number of halogens is 1. The van der Waals surface area contributed by atoms with Gasteiger partial charge in [-0.05, 0) is 30.5 Å². The number of benzene rings is 1. The Morgan fingerprint density at radius 3 is 2.45 bits per heavy atom. The third-order valence-corrected chi connectivity index (χ3v) is 5.71. The van der Waals surface area contributed by atoms with Gasteiger partial charge >= 0.3 is 0 Å². The van der Waals surface area contributed by atoms with Crippen LogP contribution in [0.1, 0.15) is 19.8 Å². The highest BCUT2D eigenvalue weighted by molar-refractivity contribution is 7.89. The molecule has 2 rings (SSSR count). The van der Waals surface area contributed by atoms with Crippen LogP contribution < -0.4 is 9.86 Å². The monoisotopic (exact) mass is 322 g/mol. The largest absolute Gasteiger partial charge is 0.243 e. The average molecular weight is 322 g/mol. The highest BCUT2D eigenvalue weighted by Crippen LogP contribution is 2.34. The van der Waals surface area contributed by atoms with Gasteiger partial charge < -0.3 is 0 Å². The van der Waals surface area contributed by atoms with Crippen molar-refractivity contribution in [2.45, 2.75) is 35.6 Å². The molecule has 0 spiro atoms. The van der Waals surface area contributed by atoms with Crippen molar-refractivity contribution in [2.24, 2.45) is 11.1 Å². The van der Waals surface area contributed by atoms with Crippen LogP contribution in [0, 0.1) is 11.7 Å². The van der Waals surface area contributed by atoms with Gasteiger partial charge in [0.1, 0.15) is 10.7 Å². The lowest BCUT2D eigenvalue weighted by atomic mass is 10.3. The first-order valence-electron chi connectivity index (χ1n) is 6.00. The molecule has 0 radical (unpaired) electrons. The summed E-state index contributed by atoms with van der Waals surface area (Å²) >= 11 is 0. The fourth-order valence-corrected chi connectivity index (χ4v) is 3.88. The molecule has 20 heavy (non-hydrogen) atoms. The summed E-state index contributed by atoms with van der Waals surface area (Å²) in [5.74, 6) is -0.866. The van der Waals surface area contributed by atoms with E-state index in [1.54, 1.807) is 0 Å². The van der Waals surface area contributed by atoms with Gasteiger partial charge in [0.25, 0.3) is 0 Å². The van der Waals surface area contributed by atoms with Gasteiger partial charge in [0, 0.05) is 6.04 Å². The molecule has 1 aliphatic rings. The predicted molar refractivity (Wildman–Crippen MR) is 70.3 cm³/mol. The zero-order chi connectivity index (χ0) is 15.1. The number of nitrogens with one attached hydrogen (secondary N) is 1. The van der Waals surface area contributed by atoms with E-state index in [2.05, 4.69) is 4.72 Å². The van der Waals surface area contributed by atoms with Gasteiger partial charge in [-0.25, -0.2) is 31.1 Å². The molecule has 1 aromatic carbocycles. The van der Waals surface area contributed by atoms with Crippen LogP contribution >= 0.6 is 0 Å². The first kappa shape index (κ1) is 15.4. The second-order valence-electron chi connectivity index (χ2n) is 4.77. The Hall–Kier alpha value is -1.03. The van der Waals surface area contributed by atoms with E-state index in [1.165, 1.54) is 0 Å². The molecule has 0 heterocycles. The van der Waals surface area contributed by atoms with E-state index in [1.807, 2.05) is 6.92 Å². The van der Waals surface area contributed by atoms with Gasteiger partial charge in [0.2, 0.25) is 20.0 Å². The topological polar surface area (TPSA) is 106 Å². The summed E-state index contributed by atoms with van der Waals surface area (Å²) in [7, 11) is -8.06. The fraction of sp³-hybridized carbons (Fsp3) is 0.455. The second-order valence-corrected chi connectivity index (χ2v) is 8.01. The maximum Gasteiger partial charge on any atom is 0.243 e. The Balaban J connectivity index is 2.29. The molecule has 2 unspecified atom stereocenters.